The van der Waals surface area contributed by atoms with Gasteiger partial charge in [0.2, 0.25) is 11.8 Å². The van der Waals surface area contributed by atoms with Gasteiger partial charge in [0.15, 0.2) is 0 Å². The van der Waals surface area contributed by atoms with Crippen LogP contribution >= 0.6 is 27.0 Å². The first-order valence-corrected chi connectivity index (χ1v) is 33.6. The predicted octanol–water partition coefficient (Wildman–Crippen LogP) is 8.12. The second kappa shape index (κ2) is 44.4. The molecule has 0 saturated carbocycles. The van der Waals surface area contributed by atoms with Gasteiger partial charge in [0.25, 0.3) is 0 Å². The highest BCUT2D eigenvalue weighted by Gasteiger charge is 2.22. The number of thioether (sulfide) groups is 1. The summed E-state index contributed by atoms with van der Waals surface area (Å²) in [5, 5.41) is 5.54. The van der Waals surface area contributed by atoms with Crippen molar-refractivity contribution in [1.29, 1.82) is 0 Å². The van der Waals surface area contributed by atoms with E-state index in [9.17, 15) is 28.3 Å². The van der Waals surface area contributed by atoms with Gasteiger partial charge in [0.1, 0.15) is 11.6 Å². The van der Waals surface area contributed by atoms with Crippen LogP contribution in [0.3, 0.4) is 0 Å². The smallest absolute Gasteiger partial charge is 0.348 e. The Kier molecular flexibility index (Phi) is 49.4. The lowest BCUT2D eigenvalue weighted by Gasteiger charge is -2.17. The fourth-order valence-electron chi connectivity index (χ4n) is 4.20. The van der Waals surface area contributed by atoms with Crippen LogP contribution in [0.25, 0.3) is 0 Å². The number of amides is 2. The van der Waals surface area contributed by atoms with E-state index in [1.54, 1.807) is 61.5 Å². The summed E-state index contributed by atoms with van der Waals surface area (Å²) in [6.07, 6.45) is 14.8. The molecular formula is C37H72N2O10P2S9. The predicted molar refractivity (Wildman–Crippen MR) is 274 cm³/mol. The highest BCUT2D eigenvalue weighted by Crippen LogP contribution is 2.41. The summed E-state index contributed by atoms with van der Waals surface area (Å²) in [5.74, 6) is 2.22. The molecule has 0 saturated heterocycles. The molecule has 23 heteroatoms. The SMILES string of the molecule is C=CP(=O)(O)O.CC(C)CCCCCCCNC(=O)C/C=C/CC(=O)C(C)C.CC(C)CCCNC(=O)CCC(CC(=O)C(C)C)SCP(=O)(O)O.S=S=S=S=S=S=S=S. The van der Waals surface area contributed by atoms with Crippen LogP contribution in [-0.2, 0) is 104 Å². The molecular weight excluding hydrogens is 983 g/mol. The van der Waals surface area contributed by atoms with E-state index >= 15 is 0 Å². The van der Waals surface area contributed by atoms with Crippen LogP contribution in [0.2, 0.25) is 0 Å². The van der Waals surface area contributed by atoms with Gasteiger partial charge < -0.3 is 30.2 Å². The van der Waals surface area contributed by atoms with Gasteiger partial charge in [-0.3, -0.25) is 28.3 Å². The second-order valence-electron chi connectivity index (χ2n) is 14.8. The summed E-state index contributed by atoms with van der Waals surface area (Å²) in [6, 6.07) is 0. The highest BCUT2D eigenvalue weighted by molar-refractivity contribution is 8.70. The zero-order valence-electron chi connectivity index (χ0n) is 36.4. The minimum atomic E-state index is -4.11. The van der Waals surface area contributed by atoms with E-state index in [4.69, 9.17) is 19.6 Å². The largest absolute Gasteiger partial charge is 0.356 e. The molecule has 1 unspecified atom stereocenters. The Hall–Kier alpha value is 0.170. The van der Waals surface area contributed by atoms with Crippen LogP contribution in [0, 0.1) is 23.7 Å². The van der Waals surface area contributed by atoms with Gasteiger partial charge in [-0.2, -0.15) is 0 Å². The van der Waals surface area contributed by atoms with E-state index in [0.717, 1.165) is 43.5 Å². The van der Waals surface area contributed by atoms with Crippen LogP contribution in [-0.4, -0.2) is 66.8 Å². The molecule has 0 bridgehead atoms. The number of unbranched alkanes of at least 4 members (excludes halogenated alkanes) is 4. The van der Waals surface area contributed by atoms with Crippen molar-refractivity contribution in [1.82, 2.24) is 10.6 Å². The maximum Gasteiger partial charge on any atom is 0.348 e. The van der Waals surface area contributed by atoms with E-state index in [1.807, 2.05) is 13.8 Å². The summed E-state index contributed by atoms with van der Waals surface area (Å²) in [7, 11) is 1.13. The maximum atomic E-state index is 11.9. The molecule has 354 valence electrons. The Morgan fingerprint density at radius 1 is 0.633 bits per heavy atom. The summed E-state index contributed by atoms with van der Waals surface area (Å²) in [6.45, 7) is 20.5. The molecule has 0 fully saturated rings. The highest BCUT2D eigenvalue weighted by atomic mass is 33.4. The van der Waals surface area contributed by atoms with Gasteiger partial charge in [0, 0.05) is 137 Å². The van der Waals surface area contributed by atoms with Gasteiger partial charge in [-0.05, 0) is 37.5 Å². The van der Waals surface area contributed by atoms with E-state index in [1.165, 1.54) is 49.9 Å². The molecule has 0 aliphatic heterocycles. The zero-order valence-corrected chi connectivity index (χ0v) is 45.6. The summed E-state index contributed by atoms with van der Waals surface area (Å²) in [4.78, 5) is 80.4. The molecule has 1 atom stereocenters. The zero-order chi connectivity index (χ0) is 47.0. The van der Waals surface area contributed by atoms with E-state index in [-0.39, 0.29) is 58.8 Å². The van der Waals surface area contributed by atoms with Crippen molar-refractivity contribution in [3.8, 4) is 0 Å². The maximum absolute atomic E-state index is 11.9. The quantitative estimate of drug-likeness (QED) is 0.0262. The summed E-state index contributed by atoms with van der Waals surface area (Å²) in [5.41, 5.74) is -0.320. The van der Waals surface area contributed by atoms with Crippen molar-refractivity contribution < 1.29 is 47.9 Å². The molecule has 0 aromatic rings. The second-order valence-corrected chi connectivity index (χ2v) is 30.3. The van der Waals surface area contributed by atoms with E-state index in [0.29, 0.717) is 37.5 Å². The number of carbonyl (C=O) groups is 4. The molecule has 0 aliphatic carbocycles. The van der Waals surface area contributed by atoms with Crippen LogP contribution in [0.5, 0.6) is 0 Å². The molecule has 2 amide bonds. The number of allylic oxidation sites excluding steroid dienone is 1. The number of rotatable bonds is 27. The lowest BCUT2D eigenvalue weighted by Crippen LogP contribution is -2.26. The van der Waals surface area contributed by atoms with Gasteiger partial charge >= 0.3 is 15.2 Å². The Bertz CT molecular complexity index is 1570. The van der Waals surface area contributed by atoms with E-state index < -0.39 is 15.2 Å². The van der Waals surface area contributed by atoms with Crippen LogP contribution in [0.1, 0.15) is 139 Å². The normalized spacial score (nSPS) is 11.5. The average molecular weight is 1060 g/mol. The number of carbonyl (C=O) groups excluding carboxylic acids is 4. The molecule has 60 heavy (non-hydrogen) atoms. The topological polar surface area (TPSA) is 207 Å². The first-order chi connectivity index (χ1) is 27.9. The Morgan fingerprint density at radius 3 is 1.55 bits per heavy atom. The van der Waals surface area contributed by atoms with Crippen LogP contribution < -0.4 is 10.6 Å². The Labute approximate surface area is 392 Å². The van der Waals surface area contributed by atoms with Gasteiger partial charge in [0.05, 0.1) is 5.49 Å². The molecule has 0 rings (SSSR count). The first-order valence-electron chi connectivity index (χ1n) is 19.8. The number of hydrogen-bond acceptors (Lipinski definition) is 9. The number of Topliss-reactive ketones (excluding diaryl/α,β-unsaturated/α-hetero) is 2. The number of nitrogens with one attached hydrogen (secondary N) is 2. The fourth-order valence-corrected chi connectivity index (χ4v) is 17.4. The van der Waals surface area contributed by atoms with Crippen molar-refractivity contribution >= 4 is 126 Å². The molecule has 0 spiro atoms. The summed E-state index contributed by atoms with van der Waals surface area (Å²) < 4.78 is 20.6. The van der Waals surface area contributed by atoms with Crippen molar-refractivity contribution in [2.24, 2.45) is 23.7 Å². The molecule has 0 aliphatic rings. The van der Waals surface area contributed by atoms with Crippen molar-refractivity contribution in [3.63, 3.8) is 0 Å². The molecule has 0 heterocycles. The minimum absolute atomic E-state index is 0.0491. The standard InChI is InChI=1S/C19H35NO2.C16H32NO5PS.C2H5O3P.S8/c1-16(2)12-8-6-5-7-11-15-20-19(22)14-10-9-13-18(21)17(3)4;1-12(2)6-5-9-17-16(19)8-7-14(10-15(18)13(3)4)24-11-23(20,21)22;1-2-6(3,4)5;1-3-5-7-8-6-4-2/h9-10,16-17H,5-8,11-15H2,1-4H3,(H,20,22);12-14H,5-11H2,1-4H3,(H,17,19)(H2,20,21,22);2H,1H2,(H2,3,4,5);/b10-9+;;;. The third kappa shape index (κ3) is 60.3. The van der Waals surface area contributed by atoms with Crippen molar-refractivity contribution in [3.05, 3.63) is 24.5 Å². The Balaban J connectivity index is -0.000000397. The molecule has 12 nitrogen and oxygen atoms in total. The van der Waals surface area contributed by atoms with Crippen molar-refractivity contribution in [2.45, 2.75) is 144 Å². The molecule has 0 aromatic heterocycles. The van der Waals surface area contributed by atoms with Crippen LogP contribution in [0.15, 0.2) is 24.5 Å². The monoisotopic (exact) mass is 1050 g/mol. The Morgan fingerprint density at radius 2 is 1.08 bits per heavy atom. The van der Waals surface area contributed by atoms with Gasteiger partial charge in [-0.1, -0.05) is 106 Å². The van der Waals surface area contributed by atoms with Crippen LogP contribution in [0.4, 0.5) is 0 Å². The number of hydrogen-bond donors (Lipinski definition) is 6. The fraction of sp³-hybridized carbons (Fsp3) is 0.784. The third-order valence-electron chi connectivity index (χ3n) is 7.62. The van der Waals surface area contributed by atoms with Gasteiger partial charge in [-0.25, -0.2) is 0 Å². The summed E-state index contributed by atoms with van der Waals surface area (Å²) >= 11 is 10.3. The molecule has 6 N–H and O–H groups in total. The lowest BCUT2D eigenvalue weighted by atomic mass is 10.0. The van der Waals surface area contributed by atoms with E-state index in [2.05, 4.69) is 67.3 Å². The first kappa shape index (κ1) is 66.8. The van der Waals surface area contributed by atoms with Gasteiger partial charge in [-0.15, -0.1) is 11.8 Å². The molecule has 0 aromatic carbocycles. The lowest BCUT2D eigenvalue weighted by molar-refractivity contribution is -0.123. The average Bonchev–Trinajstić information content (AvgIpc) is 3.15. The number of ketones is 2. The molecule has 0 radical (unpaired) electrons. The minimum Gasteiger partial charge on any atom is -0.356 e. The third-order valence-corrected chi connectivity index (χ3v) is 22.0. The van der Waals surface area contributed by atoms with Crippen molar-refractivity contribution in [2.75, 3.05) is 18.6 Å².